The first-order chi connectivity index (χ1) is 14.1. The maximum absolute atomic E-state index is 12.6. The Morgan fingerprint density at radius 3 is 2.45 bits per heavy atom. The molecule has 3 aromatic rings. The minimum atomic E-state index is -0.259. The van der Waals surface area contributed by atoms with Crippen LogP contribution in [0.5, 0.6) is 0 Å². The van der Waals surface area contributed by atoms with Crippen LogP contribution in [-0.2, 0) is 0 Å². The zero-order valence-corrected chi connectivity index (χ0v) is 16.8. The number of nitrogens with zero attached hydrogens (tertiary/aromatic N) is 3. The summed E-state index contributed by atoms with van der Waals surface area (Å²) in [5, 5.41) is 6.17. The molecule has 4 rings (SSSR count). The number of carbonyl (C=O) groups excluding carboxylic acids is 1. The predicted molar refractivity (Wildman–Crippen MR) is 117 cm³/mol. The van der Waals surface area contributed by atoms with Crippen LogP contribution in [0.3, 0.4) is 0 Å². The summed E-state index contributed by atoms with van der Waals surface area (Å²) >= 11 is 0. The Balaban J connectivity index is 1.44. The monoisotopic (exact) mass is 387 g/mol. The molecular formula is C23H25N5O. The average Bonchev–Trinajstić information content (AvgIpc) is 3.26. The van der Waals surface area contributed by atoms with Gasteiger partial charge in [-0.15, -0.1) is 0 Å². The van der Waals surface area contributed by atoms with E-state index in [-0.39, 0.29) is 5.91 Å². The zero-order chi connectivity index (χ0) is 20.2. The van der Waals surface area contributed by atoms with Crippen molar-refractivity contribution >= 4 is 28.8 Å². The Morgan fingerprint density at radius 1 is 0.966 bits per heavy atom. The van der Waals surface area contributed by atoms with Gasteiger partial charge in [0.25, 0.3) is 5.91 Å². The zero-order valence-electron chi connectivity index (χ0n) is 16.8. The van der Waals surface area contributed by atoms with Crippen molar-refractivity contribution < 1.29 is 4.79 Å². The molecule has 0 atom stereocenters. The third kappa shape index (κ3) is 4.54. The lowest BCUT2D eigenvalue weighted by atomic mass is 10.1. The van der Waals surface area contributed by atoms with Crippen molar-refractivity contribution in [2.75, 3.05) is 28.6 Å². The topological polar surface area (TPSA) is 70.2 Å². The van der Waals surface area contributed by atoms with Gasteiger partial charge in [0.05, 0.1) is 0 Å². The molecule has 2 heterocycles. The molecule has 0 saturated carbocycles. The highest BCUT2D eigenvalue weighted by molar-refractivity contribution is 6.03. The molecule has 2 aromatic carbocycles. The fraction of sp³-hybridized carbons (Fsp3) is 0.261. The first kappa shape index (κ1) is 18.9. The van der Waals surface area contributed by atoms with Gasteiger partial charge in [0.1, 0.15) is 17.8 Å². The number of anilines is 4. The Kier molecular flexibility index (Phi) is 5.42. The molecule has 6 heteroatoms. The lowest BCUT2D eigenvalue weighted by molar-refractivity contribution is 0.102. The molecular weight excluding hydrogens is 362 g/mol. The van der Waals surface area contributed by atoms with E-state index in [1.807, 2.05) is 43.3 Å². The number of benzene rings is 2. The number of aryl methyl sites for hydroxylation is 2. The van der Waals surface area contributed by atoms with Crippen molar-refractivity contribution in [3.8, 4) is 0 Å². The number of carbonyl (C=O) groups is 1. The van der Waals surface area contributed by atoms with Crippen LogP contribution in [0.4, 0.5) is 22.9 Å². The Labute approximate surface area is 171 Å². The summed E-state index contributed by atoms with van der Waals surface area (Å²) < 4.78 is 0. The number of hydrogen-bond acceptors (Lipinski definition) is 5. The van der Waals surface area contributed by atoms with Crippen molar-refractivity contribution in [3.05, 3.63) is 71.7 Å². The molecule has 1 aliphatic heterocycles. The van der Waals surface area contributed by atoms with Crippen molar-refractivity contribution in [2.24, 2.45) is 0 Å². The largest absolute Gasteiger partial charge is 0.372 e. The van der Waals surface area contributed by atoms with Crippen molar-refractivity contribution in [1.29, 1.82) is 0 Å². The summed E-state index contributed by atoms with van der Waals surface area (Å²) in [5.74, 6) is 0.325. The van der Waals surface area contributed by atoms with Crippen LogP contribution in [-0.4, -0.2) is 29.0 Å². The quantitative estimate of drug-likeness (QED) is 0.665. The van der Waals surface area contributed by atoms with Gasteiger partial charge in [-0.1, -0.05) is 17.7 Å². The van der Waals surface area contributed by atoms with Crippen molar-refractivity contribution in [3.63, 3.8) is 0 Å². The lowest BCUT2D eigenvalue weighted by Crippen LogP contribution is -2.18. The minimum absolute atomic E-state index is 0.259. The summed E-state index contributed by atoms with van der Waals surface area (Å²) in [4.78, 5) is 23.4. The summed E-state index contributed by atoms with van der Waals surface area (Å²) in [5.41, 5.74) is 5.54. The second kappa shape index (κ2) is 8.31. The van der Waals surface area contributed by atoms with Gasteiger partial charge in [-0.2, -0.15) is 0 Å². The van der Waals surface area contributed by atoms with Crippen LogP contribution in [0.15, 0.2) is 54.9 Å². The molecule has 6 nitrogen and oxygen atoms in total. The number of hydrogen-bond donors (Lipinski definition) is 2. The summed E-state index contributed by atoms with van der Waals surface area (Å²) in [7, 11) is 0. The van der Waals surface area contributed by atoms with Gasteiger partial charge < -0.3 is 15.5 Å². The fourth-order valence-electron chi connectivity index (χ4n) is 3.57. The van der Waals surface area contributed by atoms with Gasteiger partial charge in [-0.3, -0.25) is 4.79 Å². The molecule has 1 aromatic heterocycles. The third-order valence-corrected chi connectivity index (χ3v) is 5.14. The molecule has 0 bridgehead atoms. The minimum Gasteiger partial charge on any atom is -0.372 e. The molecule has 2 N–H and O–H groups in total. The van der Waals surface area contributed by atoms with Crippen LogP contribution in [0.25, 0.3) is 0 Å². The first-order valence-corrected chi connectivity index (χ1v) is 9.91. The molecule has 0 radical (unpaired) electrons. The maximum Gasteiger partial charge on any atom is 0.274 e. The van der Waals surface area contributed by atoms with Gasteiger partial charge in [-0.05, 0) is 62.6 Å². The second-order valence-electron chi connectivity index (χ2n) is 7.43. The van der Waals surface area contributed by atoms with Crippen molar-refractivity contribution in [2.45, 2.75) is 26.7 Å². The second-order valence-corrected chi connectivity index (χ2v) is 7.43. The van der Waals surface area contributed by atoms with E-state index in [1.54, 1.807) is 6.07 Å². The van der Waals surface area contributed by atoms with Crippen LogP contribution in [0.1, 0.15) is 34.5 Å². The van der Waals surface area contributed by atoms with Crippen LogP contribution in [0, 0.1) is 13.8 Å². The van der Waals surface area contributed by atoms with Gasteiger partial charge >= 0.3 is 0 Å². The Hall–Kier alpha value is -3.41. The van der Waals surface area contributed by atoms with E-state index < -0.39 is 0 Å². The number of amides is 1. The standard InChI is InChI=1S/C23H25N5O/c1-16-5-10-20(17(2)13-16)27-22-14-21(24-15-25-22)23(29)26-18-6-8-19(9-7-18)28-11-3-4-12-28/h5-10,13-15H,3-4,11-12H2,1-2H3,(H,26,29)(H,24,25,27). The van der Waals surface area contributed by atoms with Crippen LogP contribution in [0.2, 0.25) is 0 Å². The van der Waals surface area contributed by atoms with Gasteiger partial charge in [0.2, 0.25) is 0 Å². The SMILES string of the molecule is Cc1ccc(Nc2cc(C(=O)Nc3ccc(N4CCCC4)cc3)ncn2)c(C)c1. The molecule has 0 aliphatic carbocycles. The lowest BCUT2D eigenvalue weighted by Gasteiger charge is -2.17. The van der Waals surface area contributed by atoms with E-state index >= 15 is 0 Å². The van der Waals surface area contributed by atoms with E-state index in [2.05, 4.69) is 38.5 Å². The molecule has 148 valence electrons. The van der Waals surface area contributed by atoms with E-state index in [0.717, 1.165) is 30.0 Å². The predicted octanol–water partition coefficient (Wildman–Crippen LogP) is 4.69. The number of aromatic nitrogens is 2. The summed E-state index contributed by atoms with van der Waals surface area (Å²) in [6, 6.07) is 15.8. The Morgan fingerprint density at radius 2 is 1.72 bits per heavy atom. The first-order valence-electron chi connectivity index (χ1n) is 9.91. The van der Waals surface area contributed by atoms with Gasteiger partial charge in [0.15, 0.2) is 0 Å². The molecule has 0 spiro atoms. The maximum atomic E-state index is 12.6. The smallest absolute Gasteiger partial charge is 0.274 e. The third-order valence-electron chi connectivity index (χ3n) is 5.14. The summed E-state index contributed by atoms with van der Waals surface area (Å²) in [6.45, 7) is 6.29. The Bertz CT molecular complexity index is 1010. The molecule has 29 heavy (non-hydrogen) atoms. The molecule has 1 aliphatic rings. The molecule has 0 unspecified atom stereocenters. The number of nitrogens with one attached hydrogen (secondary N) is 2. The molecule has 1 fully saturated rings. The van der Waals surface area contributed by atoms with Gasteiger partial charge in [-0.25, -0.2) is 9.97 Å². The highest BCUT2D eigenvalue weighted by atomic mass is 16.1. The van der Waals surface area contributed by atoms with Crippen LogP contribution >= 0.6 is 0 Å². The highest BCUT2D eigenvalue weighted by Gasteiger charge is 2.13. The van der Waals surface area contributed by atoms with E-state index in [0.29, 0.717) is 11.5 Å². The van der Waals surface area contributed by atoms with E-state index in [4.69, 9.17) is 0 Å². The number of rotatable bonds is 5. The van der Waals surface area contributed by atoms with Crippen molar-refractivity contribution in [1.82, 2.24) is 9.97 Å². The molecule has 1 saturated heterocycles. The average molecular weight is 387 g/mol. The fourth-order valence-corrected chi connectivity index (χ4v) is 3.57. The van der Waals surface area contributed by atoms with Crippen LogP contribution < -0.4 is 15.5 Å². The summed E-state index contributed by atoms with van der Waals surface area (Å²) in [6.07, 6.45) is 3.88. The van der Waals surface area contributed by atoms with E-state index in [9.17, 15) is 4.79 Å². The van der Waals surface area contributed by atoms with E-state index in [1.165, 1.54) is 30.4 Å². The van der Waals surface area contributed by atoms with Gasteiger partial charge in [0, 0.05) is 36.2 Å². The molecule has 1 amide bonds. The normalized spacial score (nSPS) is 13.4. The highest BCUT2D eigenvalue weighted by Crippen LogP contribution is 2.23.